The summed E-state index contributed by atoms with van der Waals surface area (Å²) in [5.74, 6) is 0. The molecule has 0 aliphatic carbocycles. The van der Waals surface area contributed by atoms with E-state index in [4.69, 9.17) is 14.9 Å². The molecule has 5 heteroatoms. The van der Waals surface area contributed by atoms with Crippen molar-refractivity contribution in [1.82, 2.24) is 4.98 Å². The molecular weight excluding hydrogens is 242 g/mol. The fourth-order valence-corrected chi connectivity index (χ4v) is 2.60. The third kappa shape index (κ3) is 2.26. The van der Waals surface area contributed by atoms with Gasteiger partial charge >= 0.3 is 0 Å². The fourth-order valence-electron chi connectivity index (χ4n) is 2.60. The average Bonchev–Trinajstić information content (AvgIpc) is 2.82. The van der Waals surface area contributed by atoms with Gasteiger partial charge in [0.15, 0.2) is 5.58 Å². The highest BCUT2D eigenvalue weighted by atomic mass is 16.5. The number of hydrogen-bond acceptors (Lipinski definition) is 5. The summed E-state index contributed by atoms with van der Waals surface area (Å²) < 4.78 is 11.4. The van der Waals surface area contributed by atoms with Gasteiger partial charge in [-0.15, -0.1) is 0 Å². The highest BCUT2D eigenvalue weighted by Gasteiger charge is 2.32. The van der Waals surface area contributed by atoms with E-state index in [1.807, 2.05) is 18.2 Å². The molecule has 1 unspecified atom stereocenters. The van der Waals surface area contributed by atoms with Crippen molar-refractivity contribution in [2.45, 2.75) is 25.4 Å². The smallest absolute Gasteiger partial charge is 0.298 e. The number of piperidine rings is 1. The van der Waals surface area contributed by atoms with Gasteiger partial charge < -0.3 is 19.8 Å². The number of nitrogen functional groups attached to an aromatic ring is 1. The SMILES string of the molecule is COC1(C)CCCN(c2nc3ccc(N)cc3o2)C1. The van der Waals surface area contributed by atoms with Crippen LogP contribution in [-0.4, -0.2) is 30.8 Å². The van der Waals surface area contributed by atoms with Gasteiger partial charge in [0, 0.05) is 25.4 Å². The first-order valence-corrected chi connectivity index (χ1v) is 6.56. The summed E-state index contributed by atoms with van der Waals surface area (Å²) in [7, 11) is 1.76. The number of nitrogens with zero attached hydrogens (tertiary/aromatic N) is 2. The van der Waals surface area contributed by atoms with E-state index in [0.29, 0.717) is 11.7 Å². The Morgan fingerprint density at radius 3 is 3.11 bits per heavy atom. The van der Waals surface area contributed by atoms with Gasteiger partial charge in [0.2, 0.25) is 0 Å². The van der Waals surface area contributed by atoms with Gasteiger partial charge in [-0.2, -0.15) is 4.98 Å². The van der Waals surface area contributed by atoms with Crippen molar-refractivity contribution in [3.63, 3.8) is 0 Å². The zero-order valence-corrected chi connectivity index (χ0v) is 11.3. The van der Waals surface area contributed by atoms with Crippen molar-refractivity contribution in [1.29, 1.82) is 0 Å². The van der Waals surface area contributed by atoms with Crippen molar-refractivity contribution in [3.05, 3.63) is 18.2 Å². The molecule has 1 atom stereocenters. The number of methoxy groups -OCH3 is 1. The highest BCUT2D eigenvalue weighted by Crippen LogP contribution is 2.30. The molecule has 1 aromatic heterocycles. The molecule has 0 spiro atoms. The third-order valence-corrected chi connectivity index (χ3v) is 3.82. The Kier molecular flexibility index (Phi) is 2.86. The van der Waals surface area contributed by atoms with Crippen molar-refractivity contribution in [2.24, 2.45) is 0 Å². The molecule has 1 aromatic carbocycles. The summed E-state index contributed by atoms with van der Waals surface area (Å²) in [6.45, 7) is 3.87. The first kappa shape index (κ1) is 12.3. The second kappa shape index (κ2) is 4.42. The van der Waals surface area contributed by atoms with Crippen LogP contribution in [-0.2, 0) is 4.74 Å². The lowest BCUT2D eigenvalue weighted by molar-refractivity contribution is -0.00559. The van der Waals surface area contributed by atoms with Crippen LogP contribution in [0.2, 0.25) is 0 Å². The molecule has 19 heavy (non-hydrogen) atoms. The first-order chi connectivity index (χ1) is 9.09. The second-order valence-corrected chi connectivity index (χ2v) is 5.40. The van der Waals surface area contributed by atoms with Gasteiger partial charge in [0.25, 0.3) is 6.01 Å². The van der Waals surface area contributed by atoms with Crippen LogP contribution >= 0.6 is 0 Å². The van der Waals surface area contributed by atoms with E-state index in [-0.39, 0.29) is 5.60 Å². The molecule has 1 fully saturated rings. The Balaban J connectivity index is 1.91. The Morgan fingerprint density at radius 1 is 1.47 bits per heavy atom. The first-order valence-electron chi connectivity index (χ1n) is 6.56. The van der Waals surface area contributed by atoms with Gasteiger partial charge in [-0.25, -0.2) is 0 Å². The fraction of sp³-hybridized carbons (Fsp3) is 0.500. The summed E-state index contributed by atoms with van der Waals surface area (Å²) in [5.41, 5.74) is 7.90. The molecule has 0 amide bonds. The summed E-state index contributed by atoms with van der Waals surface area (Å²) in [6.07, 6.45) is 2.14. The Hall–Kier alpha value is -1.75. The Labute approximate surface area is 112 Å². The second-order valence-electron chi connectivity index (χ2n) is 5.40. The van der Waals surface area contributed by atoms with Crippen LogP contribution in [0.25, 0.3) is 11.1 Å². The van der Waals surface area contributed by atoms with E-state index >= 15 is 0 Å². The van der Waals surface area contributed by atoms with Crippen LogP contribution in [0.15, 0.2) is 22.6 Å². The van der Waals surface area contributed by atoms with Gasteiger partial charge in [-0.05, 0) is 31.9 Å². The minimum Gasteiger partial charge on any atom is -0.423 e. The van der Waals surface area contributed by atoms with E-state index in [1.165, 1.54) is 0 Å². The predicted octanol–water partition coefficient (Wildman–Crippen LogP) is 2.42. The zero-order chi connectivity index (χ0) is 13.5. The molecule has 2 N–H and O–H groups in total. The maximum Gasteiger partial charge on any atom is 0.298 e. The normalized spacial score (nSPS) is 24.0. The Morgan fingerprint density at radius 2 is 2.32 bits per heavy atom. The summed E-state index contributed by atoms with van der Waals surface area (Å²) >= 11 is 0. The number of anilines is 2. The molecule has 2 heterocycles. The number of nitrogens with two attached hydrogens (primary N) is 1. The van der Waals surface area contributed by atoms with Crippen LogP contribution < -0.4 is 10.6 Å². The van der Waals surface area contributed by atoms with Gasteiger partial charge in [-0.3, -0.25) is 0 Å². The lowest BCUT2D eigenvalue weighted by Gasteiger charge is -2.38. The van der Waals surface area contributed by atoms with Crippen molar-refractivity contribution in [2.75, 3.05) is 30.8 Å². The predicted molar refractivity (Wildman–Crippen MR) is 75.3 cm³/mol. The molecule has 5 nitrogen and oxygen atoms in total. The topological polar surface area (TPSA) is 64.5 Å². The molecular formula is C14H19N3O2. The van der Waals surface area contributed by atoms with Crippen LogP contribution in [0, 0.1) is 0 Å². The molecule has 102 valence electrons. The number of benzene rings is 1. The van der Waals surface area contributed by atoms with Crippen molar-refractivity contribution < 1.29 is 9.15 Å². The third-order valence-electron chi connectivity index (χ3n) is 3.82. The molecule has 1 saturated heterocycles. The van der Waals surface area contributed by atoms with Gasteiger partial charge in [0.05, 0.1) is 12.1 Å². The average molecular weight is 261 g/mol. The molecule has 2 aromatic rings. The summed E-state index contributed by atoms with van der Waals surface area (Å²) in [4.78, 5) is 6.67. The number of fused-ring (bicyclic) bond motifs is 1. The van der Waals surface area contributed by atoms with Crippen molar-refractivity contribution in [3.8, 4) is 0 Å². The maximum atomic E-state index is 5.81. The number of rotatable bonds is 2. The number of hydrogen-bond donors (Lipinski definition) is 1. The monoisotopic (exact) mass is 261 g/mol. The number of aromatic nitrogens is 1. The van der Waals surface area contributed by atoms with E-state index in [9.17, 15) is 0 Å². The molecule has 3 rings (SSSR count). The Bertz CT molecular complexity index is 595. The molecule has 0 saturated carbocycles. The van der Waals surface area contributed by atoms with E-state index in [2.05, 4.69) is 16.8 Å². The summed E-state index contributed by atoms with van der Waals surface area (Å²) in [6, 6.07) is 6.19. The molecule has 0 radical (unpaired) electrons. The highest BCUT2D eigenvalue weighted by molar-refractivity contribution is 5.78. The molecule has 1 aliphatic heterocycles. The lowest BCUT2D eigenvalue weighted by Crippen LogP contribution is -2.47. The largest absolute Gasteiger partial charge is 0.423 e. The quantitative estimate of drug-likeness (QED) is 0.841. The number of oxazole rings is 1. The minimum absolute atomic E-state index is 0.127. The van der Waals surface area contributed by atoms with E-state index < -0.39 is 0 Å². The van der Waals surface area contributed by atoms with E-state index in [0.717, 1.165) is 37.0 Å². The maximum absolute atomic E-state index is 5.81. The number of ether oxygens (including phenoxy) is 1. The van der Waals surface area contributed by atoms with Gasteiger partial charge in [-0.1, -0.05) is 0 Å². The minimum atomic E-state index is -0.127. The van der Waals surface area contributed by atoms with Crippen LogP contribution in [0.3, 0.4) is 0 Å². The molecule has 1 aliphatic rings. The van der Waals surface area contributed by atoms with Crippen LogP contribution in [0.4, 0.5) is 11.7 Å². The lowest BCUT2D eigenvalue weighted by atomic mass is 9.95. The van der Waals surface area contributed by atoms with Crippen LogP contribution in [0.5, 0.6) is 0 Å². The van der Waals surface area contributed by atoms with Crippen molar-refractivity contribution >= 4 is 22.8 Å². The zero-order valence-electron chi connectivity index (χ0n) is 11.3. The summed E-state index contributed by atoms with van der Waals surface area (Å²) in [5, 5.41) is 0. The van der Waals surface area contributed by atoms with Crippen LogP contribution in [0.1, 0.15) is 19.8 Å². The molecule has 0 bridgehead atoms. The van der Waals surface area contributed by atoms with E-state index in [1.54, 1.807) is 7.11 Å². The van der Waals surface area contributed by atoms with Gasteiger partial charge in [0.1, 0.15) is 5.52 Å². The standard InChI is InChI=1S/C14H19N3O2/c1-14(18-2)6-3-7-17(9-14)13-16-11-5-4-10(15)8-12(11)19-13/h4-5,8H,3,6-7,9,15H2,1-2H3.